The third-order valence-electron chi connectivity index (χ3n) is 4.70. The van der Waals surface area contributed by atoms with Gasteiger partial charge in [0.15, 0.2) is 0 Å². The molecule has 30 heavy (non-hydrogen) atoms. The van der Waals surface area contributed by atoms with E-state index < -0.39 is 5.91 Å². The highest BCUT2D eigenvalue weighted by molar-refractivity contribution is 6.36. The number of carbonyl (C=O) groups excluding carboxylic acids is 1. The van der Waals surface area contributed by atoms with Crippen molar-refractivity contribution in [2.45, 2.75) is 13.3 Å². The molecule has 3 aromatic carbocycles. The summed E-state index contributed by atoms with van der Waals surface area (Å²) in [7, 11) is 0. The SMILES string of the molecule is C#Cc1ccc(C(=N)C(C(=O)NCCC)=C(O)c2c(Cl)ccc3ccccc23)cc1. The Balaban J connectivity index is 2.22. The quantitative estimate of drug-likeness (QED) is 0.220. The molecule has 0 aliphatic rings. The van der Waals surface area contributed by atoms with Gasteiger partial charge in [-0.15, -0.1) is 6.42 Å². The lowest BCUT2D eigenvalue weighted by Crippen LogP contribution is -2.30. The molecule has 3 N–H and O–H groups in total. The van der Waals surface area contributed by atoms with E-state index in [-0.39, 0.29) is 17.0 Å². The van der Waals surface area contributed by atoms with Crippen molar-refractivity contribution >= 4 is 39.8 Å². The van der Waals surface area contributed by atoms with Crippen molar-refractivity contribution < 1.29 is 9.90 Å². The summed E-state index contributed by atoms with van der Waals surface area (Å²) < 4.78 is 0. The van der Waals surface area contributed by atoms with E-state index >= 15 is 0 Å². The van der Waals surface area contributed by atoms with Gasteiger partial charge in [-0.1, -0.05) is 66.9 Å². The van der Waals surface area contributed by atoms with E-state index in [1.807, 2.05) is 37.3 Å². The molecule has 0 saturated carbocycles. The Kier molecular flexibility index (Phi) is 6.56. The lowest BCUT2D eigenvalue weighted by atomic mass is 9.94. The van der Waals surface area contributed by atoms with Crippen LogP contribution >= 0.6 is 11.6 Å². The van der Waals surface area contributed by atoms with Crippen LogP contribution in [0.2, 0.25) is 5.02 Å². The van der Waals surface area contributed by atoms with E-state index in [0.717, 1.165) is 11.8 Å². The number of aliphatic hydroxyl groups is 1. The molecule has 0 spiro atoms. The molecular formula is C25H21ClN2O2. The van der Waals surface area contributed by atoms with Crippen LogP contribution in [-0.2, 0) is 4.79 Å². The number of terminal acetylenes is 1. The number of hydrogen-bond acceptors (Lipinski definition) is 3. The van der Waals surface area contributed by atoms with Crippen LogP contribution in [0.25, 0.3) is 16.5 Å². The molecule has 0 atom stereocenters. The third kappa shape index (κ3) is 4.22. The summed E-state index contributed by atoms with van der Waals surface area (Å²) >= 11 is 6.42. The van der Waals surface area contributed by atoms with Crippen LogP contribution in [-0.4, -0.2) is 23.3 Å². The van der Waals surface area contributed by atoms with Crippen molar-refractivity contribution in [3.63, 3.8) is 0 Å². The summed E-state index contributed by atoms with van der Waals surface area (Å²) in [6.45, 7) is 2.34. The van der Waals surface area contributed by atoms with Crippen LogP contribution in [0, 0.1) is 17.8 Å². The molecule has 0 aliphatic carbocycles. The Labute approximate surface area is 180 Å². The number of benzene rings is 3. The molecule has 0 saturated heterocycles. The predicted octanol–water partition coefficient (Wildman–Crippen LogP) is 5.34. The first-order chi connectivity index (χ1) is 14.5. The monoisotopic (exact) mass is 416 g/mol. The van der Waals surface area contributed by atoms with Crippen molar-refractivity contribution in [1.82, 2.24) is 5.32 Å². The fraction of sp³-hybridized carbons (Fsp3) is 0.120. The Bertz CT molecular complexity index is 1190. The van der Waals surface area contributed by atoms with Gasteiger partial charge in [0.25, 0.3) is 5.91 Å². The molecule has 3 aromatic rings. The highest BCUT2D eigenvalue weighted by atomic mass is 35.5. The largest absolute Gasteiger partial charge is 0.506 e. The van der Waals surface area contributed by atoms with Crippen LogP contribution in [0.3, 0.4) is 0 Å². The van der Waals surface area contributed by atoms with Gasteiger partial charge >= 0.3 is 0 Å². The van der Waals surface area contributed by atoms with E-state index in [4.69, 9.17) is 23.4 Å². The second kappa shape index (κ2) is 9.30. The molecule has 0 unspecified atom stereocenters. The summed E-state index contributed by atoms with van der Waals surface area (Å²) in [6, 6.07) is 17.6. The molecule has 0 radical (unpaired) electrons. The van der Waals surface area contributed by atoms with Crippen molar-refractivity contribution in [3.05, 3.63) is 87.9 Å². The molecule has 0 fully saturated rings. The van der Waals surface area contributed by atoms with Crippen molar-refractivity contribution in [3.8, 4) is 12.3 Å². The van der Waals surface area contributed by atoms with E-state index in [2.05, 4.69) is 11.2 Å². The normalized spacial score (nSPS) is 11.5. The van der Waals surface area contributed by atoms with Gasteiger partial charge in [-0.25, -0.2) is 0 Å². The minimum Gasteiger partial charge on any atom is -0.506 e. The van der Waals surface area contributed by atoms with Gasteiger partial charge in [-0.05, 0) is 35.4 Å². The number of hydrogen-bond donors (Lipinski definition) is 3. The second-order valence-corrected chi connectivity index (χ2v) is 7.13. The van der Waals surface area contributed by atoms with Gasteiger partial charge in [-0.2, -0.15) is 0 Å². The van der Waals surface area contributed by atoms with Crippen molar-refractivity contribution in [2.75, 3.05) is 6.54 Å². The average molecular weight is 417 g/mol. The number of aliphatic hydroxyl groups excluding tert-OH is 1. The first-order valence-corrected chi connectivity index (χ1v) is 9.90. The maximum Gasteiger partial charge on any atom is 0.257 e. The Morgan fingerprint density at radius 3 is 2.50 bits per heavy atom. The standard InChI is InChI=1S/C25H21ClN2O2/c1-3-15-28-25(30)22(23(27)18-11-9-16(4-2)10-12-18)24(29)21-19-8-6-5-7-17(19)13-14-20(21)26/h2,5-14,27,29H,3,15H2,1H3,(H,28,30). The zero-order valence-electron chi connectivity index (χ0n) is 16.5. The van der Waals surface area contributed by atoms with Crippen LogP contribution in [0.4, 0.5) is 0 Å². The minimum absolute atomic E-state index is 0.117. The number of halogens is 1. The van der Waals surface area contributed by atoms with Gasteiger partial charge in [0.2, 0.25) is 0 Å². The summed E-state index contributed by atoms with van der Waals surface area (Å²) in [5.41, 5.74) is 1.18. The molecule has 3 rings (SSSR count). The van der Waals surface area contributed by atoms with E-state index in [1.54, 1.807) is 30.3 Å². The lowest BCUT2D eigenvalue weighted by molar-refractivity contribution is -0.117. The Morgan fingerprint density at radius 1 is 1.13 bits per heavy atom. The topological polar surface area (TPSA) is 73.2 Å². The maximum atomic E-state index is 13.0. The molecule has 150 valence electrons. The fourth-order valence-corrected chi connectivity index (χ4v) is 3.41. The first kappa shape index (κ1) is 21.2. The van der Waals surface area contributed by atoms with Crippen LogP contribution in [0.5, 0.6) is 0 Å². The van der Waals surface area contributed by atoms with Gasteiger partial charge in [0.05, 0.1) is 10.7 Å². The predicted molar refractivity (Wildman–Crippen MR) is 123 cm³/mol. The maximum absolute atomic E-state index is 13.0. The number of fused-ring (bicyclic) bond motifs is 1. The minimum atomic E-state index is -0.538. The van der Waals surface area contributed by atoms with Gasteiger partial charge in [0, 0.05) is 23.2 Å². The average Bonchev–Trinajstić information content (AvgIpc) is 2.77. The molecule has 4 nitrogen and oxygen atoms in total. The van der Waals surface area contributed by atoms with Crippen LogP contribution in [0.15, 0.2) is 66.2 Å². The molecular weight excluding hydrogens is 396 g/mol. The van der Waals surface area contributed by atoms with E-state index in [0.29, 0.717) is 33.6 Å². The van der Waals surface area contributed by atoms with Crippen molar-refractivity contribution in [2.24, 2.45) is 0 Å². The molecule has 1 amide bonds. The number of rotatable bonds is 6. The first-order valence-electron chi connectivity index (χ1n) is 9.53. The molecule has 5 heteroatoms. The highest BCUT2D eigenvalue weighted by Gasteiger charge is 2.24. The summed E-state index contributed by atoms with van der Waals surface area (Å²) in [4.78, 5) is 13.0. The zero-order valence-corrected chi connectivity index (χ0v) is 17.3. The Morgan fingerprint density at radius 2 is 1.83 bits per heavy atom. The smallest absolute Gasteiger partial charge is 0.257 e. The van der Waals surface area contributed by atoms with E-state index in [9.17, 15) is 9.90 Å². The van der Waals surface area contributed by atoms with Crippen LogP contribution in [0.1, 0.15) is 30.0 Å². The van der Waals surface area contributed by atoms with E-state index in [1.165, 1.54) is 0 Å². The molecule has 0 bridgehead atoms. The zero-order chi connectivity index (χ0) is 21.7. The fourth-order valence-electron chi connectivity index (χ4n) is 3.15. The van der Waals surface area contributed by atoms with Crippen LogP contribution < -0.4 is 5.32 Å². The summed E-state index contributed by atoms with van der Waals surface area (Å²) in [5, 5.41) is 24.5. The van der Waals surface area contributed by atoms with Gasteiger partial charge < -0.3 is 10.4 Å². The number of carbonyl (C=O) groups is 1. The molecule has 0 aromatic heterocycles. The third-order valence-corrected chi connectivity index (χ3v) is 5.02. The highest BCUT2D eigenvalue weighted by Crippen LogP contribution is 2.33. The Hall–Kier alpha value is -3.55. The van der Waals surface area contributed by atoms with Gasteiger partial charge in [0.1, 0.15) is 11.3 Å². The second-order valence-electron chi connectivity index (χ2n) is 6.72. The summed E-state index contributed by atoms with van der Waals surface area (Å²) in [6.07, 6.45) is 6.12. The lowest BCUT2D eigenvalue weighted by Gasteiger charge is -2.15. The number of nitrogens with one attached hydrogen (secondary N) is 2. The van der Waals surface area contributed by atoms with Gasteiger partial charge in [-0.3, -0.25) is 10.2 Å². The van der Waals surface area contributed by atoms with Crippen molar-refractivity contribution in [1.29, 1.82) is 5.41 Å². The summed E-state index contributed by atoms with van der Waals surface area (Å²) in [5.74, 6) is 1.65. The molecule has 0 aliphatic heterocycles. The molecule has 0 heterocycles. The number of amides is 1.